The van der Waals surface area contributed by atoms with Crippen LogP contribution in [0.3, 0.4) is 0 Å². The number of rotatable bonds is 5. The molecule has 0 aliphatic heterocycles. The molecule has 0 unspecified atom stereocenters. The average molecular weight is 269 g/mol. The number of benzene rings is 1. The fourth-order valence-corrected chi connectivity index (χ4v) is 2.05. The topological polar surface area (TPSA) is 9.23 Å². The third-order valence-electron chi connectivity index (χ3n) is 1.85. The average Bonchev–Trinajstić information content (AvgIpc) is 2.20. The number of ether oxygens (including phenoxy) is 1. The molecule has 84 valence electrons. The second kappa shape index (κ2) is 6.47. The van der Waals surface area contributed by atoms with E-state index in [4.69, 9.17) is 40.9 Å². The van der Waals surface area contributed by atoms with E-state index in [9.17, 15) is 0 Å². The molecule has 0 radical (unpaired) electrons. The Kier molecular flexibility index (Phi) is 4.91. The zero-order chi connectivity index (χ0) is 12.0. The zero-order valence-corrected chi connectivity index (χ0v) is 10.5. The molecule has 1 nitrogen and oxygen atoms in total. The van der Waals surface area contributed by atoms with Gasteiger partial charge in [0, 0.05) is 6.39 Å². The SMILES string of the molecule is [2H]CCCCCOc1c(Cl)cc(Cl)cc1Cl. The van der Waals surface area contributed by atoms with Crippen LogP contribution in [-0.4, -0.2) is 6.61 Å². The fraction of sp³-hybridized carbons (Fsp3) is 0.455. The molecule has 0 fully saturated rings. The predicted molar refractivity (Wildman–Crippen MR) is 66.5 cm³/mol. The first-order valence-corrected chi connectivity index (χ1v) is 5.85. The van der Waals surface area contributed by atoms with Crippen LogP contribution in [0.5, 0.6) is 5.75 Å². The highest BCUT2D eigenvalue weighted by atomic mass is 35.5. The van der Waals surface area contributed by atoms with Gasteiger partial charge in [-0.3, -0.25) is 0 Å². The second-order valence-electron chi connectivity index (χ2n) is 3.11. The minimum atomic E-state index is 0.429. The van der Waals surface area contributed by atoms with Gasteiger partial charge in [0.25, 0.3) is 0 Å². The van der Waals surface area contributed by atoms with Gasteiger partial charge in [0.2, 0.25) is 0 Å². The van der Waals surface area contributed by atoms with Gasteiger partial charge in [0.05, 0.1) is 16.7 Å². The maximum atomic E-state index is 7.00. The van der Waals surface area contributed by atoms with Crippen LogP contribution >= 0.6 is 34.8 Å². The van der Waals surface area contributed by atoms with Crippen molar-refractivity contribution in [2.75, 3.05) is 6.61 Å². The maximum Gasteiger partial charge on any atom is 0.156 e. The van der Waals surface area contributed by atoms with Crippen LogP contribution in [0, 0.1) is 0 Å². The number of halogens is 3. The van der Waals surface area contributed by atoms with Gasteiger partial charge < -0.3 is 4.74 Å². The van der Waals surface area contributed by atoms with Crippen molar-refractivity contribution in [3.05, 3.63) is 27.2 Å². The van der Waals surface area contributed by atoms with Crippen LogP contribution in [0.4, 0.5) is 0 Å². The quantitative estimate of drug-likeness (QED) is 0.666. The van der Waals surface area contributed by atoms with Gasteiger partial charge in [-0.05, 0) is 18.6 Å². The first kappa shape index (κ1) is 11.4. The molecule has 0 spiro atoms. The van der Waals surface area contributed by atoms with E-state index in [0.717, 1.165) is 19.3 Å². The molecule has 0 bridgehead atoms. The molecule has 0 aromatic heterocycles. The molecule has 0 N–H and O–H groups in total. The van der Waals surface area contributed by atoms with E-state index in [-0.39, 0.29) is 0 Å². The van der Waals surface area contributed by atoms with Crippen LogP contribution in [0.1, 0.15) is 27.5 Å². The lowest BCUT2D eigenvalue weighted by Crippen LogP contribution is -1.98. The van der Waals surface area contributed by atoms with Crippen molar-refractivity contribution in [1.82, 2.24) is 0 Å². The molecule has 0 aliphatic rings. The van der Waals surface area contributed by atoms with E-state index < -0.39 is 0 Å². The number of hydrogen-bond acceptors (Lipinski definition) is 1. The Morgan fingerprint density at radius 2 is 1.87 bits per heavy atom. The number of unbranched alkanes of at least 4 members (excludes halogenated alkanes) is 2. The Morgan fingerprint density at radius 1 is 1.20 bits per heavy atom. The predicted octanol–water partition coefficient (Wildman–Crippen LogP) is 5.22. The Labute approximate surface area is 107 Å². The third-order valence-corrected chi connectivity index (χ3v) is 2.63. The summed E-state index contributed by atoms with van der Waals surface area (Å²) in [4.78, 5) is 0. The van der Waals surface area contributed by atoms with E-state index in [0.29, 0.717) is 34.3 Å². The van der Waals surface area contributed by atoms with E-state index >= 15 is 0 Å². The van der Waals surface area contributed by atoms with Crippen molar-refractivity contribution in [2.45, 2.75) is 26.2 Å². The van der Waals surface area contributed by atoms with Gasteiger partial charge in [-0.1, -0.05) is 54.5 Å². The molecule has 4 heteroatoms. The highest BCUT2D eigenvalue weighted by Gasteiger charge is 2.08. The molecular formula is C11H13Cl3O. The van der Waals surface area contributed by atoms with E-state index in [1.807, 2.05) is 0 Å². The molecule has 1 aromatic rings. The van der Waals surface area contributed by atoms with Crippen LogP contribution < -0.4 is 4.74 Å². The molecule has 15 heavy (non-hydrogen) atoms. The van der Waals surface area contributed by atoms with Crippen LogP contribution in [0.2, 0.25) is 15.1 Å². The van der Waals surface area contributed by atoms with Crippen molar-refractivity contribution >= 4 is 34.8 Å². The molecule has 1 aromatic carbocycles. The van der Waals surface area contributed by atoms with Crippen LogP contribution in [0.15, 0.2) is 12.1 Å². The normalized spacial score (nSPS) is 11.3. The third kappa shape index (κ3) is 4.10. The van der Waals surface area contributed by atoms with Gasteiger partial charge in [-0.2, -0.15) is 0 Å². The molecule has 0 saturated heterocycles. The molecule has 0 heterocycles. The minimum absolute atomic E-state index is 0.429. The summed E-state index contributed by atoms with van der Waals surface area (Å²) < 4.78 is 12.5. The Bertz CT molecular complexity index is 321. The van der Waals surface area contributed by atoms with Crippen molar-refractivity contribution < 1.29 is 6.11 Å². The largest absolute Gasteiger partial charge is 0.490 e. The van der Waals surface area contributed by atoms with Gasteiger partial charge >= 0.3 is 0 Å². The first-order chi connectivity index (χ1) is 7.65. The van der Waals surface area contributed by atoms with Crippen molar-refractivity contribution in [3.8, 4) is 5.75 Å². The summed E-state index contributed by atoms with van der Waals surface area (Å²) in [5.74, 6) is 0.485. The van der Waals surface area contributed by atoms with Gasteiger partial charge in [-0.15, -0.1) is 0 Å². The summed E-state index contributed by atoms with van der Waals surface area (Å²) in [6.45, 7) is 1.02. The Balaban J connectivity index is 2.47. The molecule has 0 amide bonds. The van der Waals surface area contributed by atoms with E-state index in [2.05, 4.69) is 0 Å². The van der Waals surface area contributed by atoms with Crippen molar-refractivity contribution in [1.29, 1.82) is 0 Å². The maximum absolute atomic E-state index is 7.00. The summed E-state index contributed by atoms with van der Waals surface area (Å²) in [7, 11) is 0. The minimum Gasteiger partial charge on any atom is -0.490 e. The van der Waals surface area contributed by atoms with Gasteiger partial charge in [0.15, 0.2) is 5.75 Å². The van der Waals surface area contributed by atoms with E-state index in [1.165, 1.54) is 0 Å². The second-order valence-corrected chi connectivity index (χ2v) is 4.36. The highest BCUT2D eigenvalue weighted by molar-refractivity contribution is 6.40. The Hall–Kier alpha value is -0.110. The summed E-state index contributed by atoms with van der Waals surface area (Å²) in [5.41, 5.74) is 0. The van der Waals surface area contributed by atoms with Gasteiger partial charge in [0.1, 0.15) is 0 Å². The first-order valence-electron chi connectivity index (χ1n) is 5.42. The van der Waals surface area contributed by atoms with Crippen molar-refractivity contribution in [3.63, 3.8) is 0 Å². The van der Waals surface area contributed by atoms with Crippen LogP contribution in [0.25, 0.3) is 0 Å². The molecular weight excluding hydrogens is 254 g/mol. The smallest absolute Gasteiger partial charge is 0.156 e. The van der Waals surface area contributed by atoms with Gasteiger partial charge in [-0.25, -0.2) is 0 Å². The summed E-state index contributed by atoms with van der Waals surface area (Å²) in [6.07, 6.45) is 2.77. The summed E-state index contributed by atoms with van der Waals surface area (Å²) in [5, 5.41) is 1.35. The number of hydrogen-bond donors (Lipinski definition) is 0. The zero-order valence-electron chi connectivity index (χ0n) is 9.23. The molecule has 1 rings (SSSR count). The lowest BCUT2D eigenvalue weighted by molar-refractivity contribution is 0.306. The lowest BCUT2D eigenvalue weighted by atomic mass is 10.3. The summed E-state index contributed by atoms with van der Waals surface area (Å²) in [6, 6.07) is 3.21. The fourth-order valence-electron chi connectivity index (χ4n) is 1.12. The standard InChI is InChI=1S/C11H13Cl3O/c1-2-3-4-5-15-11-9(13)6-8(12)7-10(11)14/h6-7H,2-5H2,1H3/i1D. The molecule has 0 aliphatic carbocycles. The highest BCUT2D eigenvalue weighted by Crippen LogP contribution is 2.35. The monoisotopic (exact) mass is 267 g/mol. The lowest BCUT2D eigenvalue weighted by Gasteiger charge is -2.09. The molecule has 0 saturated carbocycles. The van der Waals surface area contributed by atoms with Crippen molar-refractivity contribution in [2.24, 2.45) is 0 Å². The van der Waals surface area contributed by atoms with E-state index in [1.54, 1.807) is 12.1 Å². The summed E-state index contributed by atoms with van der Waals surface area (Å²) >= 11 is 17.7. The van der Waals surface area contributed by atoms with Crippen LogP contribution in [-0.2, 0) is 0 Å². The molecule has 0 atom stereocenters. The Morgan fingerprint density at radius 3 is 2.47 bits per heavy atom.